The van der Waals surface area contributed by atoms with Gasteiger partial charge in [0.15, 0.2) is 0 Å². The van der Waals surface area contributed by atoms with E-state index in [0.717, 1.165) is 12.1 Å². The third-order valence-corrected chi connectivity index (χ3v) is 3.46. The molecule has 3 rings (SSSR count). The largest absolute Gasteiger partial charge is 0.439 e. The van der Waals surface area contributed by atoms with Gasteiger partial charge in [0.05, 0.1) is 0 Å². The summed E-state index contributed by atoms with van der Waals surface area (Å²) in [6.07, 6.45) is 4.38. The van der Waals surface area contributed by atoms with Crippen molar-refractivity contribution in [2.75, 3.05) is 0 Å². The summed E-state index contributed by atoms with van der Waals surface area (Å²) in [5.74, 6) is 1.11. The van der Waals surface area contributed by atoms with Gasteiger partial charge in [0.25, 0.3) is 0 Å². The fourth-order valence-corrected chi connectivity index (χ4v) is 2.34. The summed E-state index contributed by atoms with van der Waals surface area (Å²) in [6.45, 7) is 0.848. The van der Waals surface area contributed by atoms with Crippen LogP contribution < -0.4 is 10.1 Å². The normalized spacial score (nSPS) is 14.3. The van der Waals surface area contributed by atoms with Crippen LogP contribution in [0.4, 0.5) is 0 Å². The molecule has 2 aromatic rings. The fraction of sp³-hybridized carbons (Fsp3) is 0.267. The Hall–Kier alpha value is -1.29. The molecule has 1 heterocycles. The molecule has 1 N–H and O–H groups in total. The van der Waals surface area contributed by atoms with E-state index in [1.165, 1.54) is 12.8 Å². The summed E-state index contributed by atoms with van der Waals surface area (Å²) >= 11 is 11.9. The van der Waals surface area contributed by atoms with Crippen LogP contribution in [0.3, 0.4) is 0 Å². The van der Waals surface area contributed by atoms with Gasteiger partial charge in [-0.3, -0.25) is 0 Å². The fourth-order valence-electron chi connectivity index (χ4n) is 1.83. The summed E-state index contributed by atoms with van der Waals surface area (Å²) in [7, 11) is 0. The minimum absolute atomic E-state index is 0.526. The van der Waals surface area contributed by atoms with Gasteiger partial charge >= 0.3 is 0 Å². The zero-order valence-electron chi connectivity index (χ0n) is 10.8. The second-order valence-corrected chi connectivity index (χ2v) is 5.74. The number of hydrogen-bond donors (Lipinski definition) is 1. The van der Waals surface area contributed by atoms with Gasteiger partial charge in [0.1, 0.15) is 5.75 Å². The molecule has 1 saturated carbocycles. The van der Waals surface area contributed by atoms with Gasteiger partial charge in [-0.2, -0.15) is 0 Å². The van der Waals surface area contributed by atoms with Crippen molar-refractivity contribution in [3.63, 3.8) is 0 Å². The molecule has 3 nitrogen and oxygen atoms in total. The number of halogens is 2. The lowest BCUT2D eigenvalue weighted by molar-refractivity contribution is 0.462. The Kier molecular flexibility index (Phi) is 4.10. The average Bonchev–Trinajstić information content (AvgIpc) is 3.21. The zero-order chi connectivity index (χ0) is 13.9. The number of aromatic nitrogens is 1. The van der Waals surface area contributed by atoms with Crippen molar-refractivity contribution < 1.29 is 4.74 Å². The van der Waals surface area contributed by atoms with Crippen molar-refractivity contribution in [1.29, 1.82) is 0 Å². The van der Waals surface area contributed by atoms with Crippen LogP contribution >= 0.6 is 23.2 Å². The minimum Gasteiger partial charge on any atom is -0.439 e. The Labute approximate surface area is 127 Å². The van der Waals surface area contributed by atoms with Crippen molar-refractivity contribution in [2.24, 2.45) is 0 Å². The molecule has 0 radical (unpaired) electrons. The third-order valence-electron chi connectivity index (χ3n) is 3.03. The van der Waals surface area contributed by atoms with Crippen LogP contribution in [0.5, 0.6) is 11.6 Å². The van der Waals surface area contributed by atoms with Gasteiger partial charge in [0, 0.05) is 34.9 Å². The molecule has 1 aliphatic rings. The van der Waals surface area contributed by atoms with Crippen LogP contribution in [-0.2, 0) is 6.54 Å². The van der Waals surface area contributed by atoms with Crippen LogP contribution in [-0.4, -0.2) is 11.0 Å². The average molecular weight is 309 g/mol. The highest BCUT2D eigenvalue weighted by atomic mass is 35.5. The van der Waals surface area contributed by atoms with E-state index in [4.69, 9.17) is 27.9 Å². The molecule has 0 spiro atoms. The second kappa shape index (κ2) is 6.00. The molecule has 1 aromatic heterocycles. The molecule has 1 aliphatic carbocycles. The minimum atomic E-state index is 0.526. The third kappa shape index (κ3) is 3.85. The highest BCUT2D eigenvalue weighted by molar-refractivity contribution is 6.34. The first kappa shape index (κ1) is 13.7. The molecule has 20 heavy (non-hydrogen) atoms. The first-order valence-corrected chi connectivity index (χ1v) is 7.27. The van der Waals surface area contributed by atoms with Crippen LogP contribution in [0.25, 0.3) is 0 Å². The van der Waals surface area contributed by atoms with E-state index >= 15 is 0 Å². The molecule has 1 fully saturated rings. The summed E-state index contributed by atoms with van der Waals surface area (Å²) in [5, 5.41) is 4.52. The SMILES string of the molecule is Clc1cc(Cl)cc(Oc2ccc(CNC3CC3)cn2)c1. The van der Waals surface area contributed by atoms with Crippen LogP contribution in [0.2, 0.25) is 10.0 Å². The summed E-state index contributed by atoms with van der Waals surface area (Å²) < 4.78 is 5.63. The van der Waals surface area contributed by atoms with Crippen molar-refractivity contribution in [3.8, 4) is 11.6 Å². The topological polar surface area (TPSA) is 34.1 Å². The number of nitrogens with zero attached hydrogens (tertiary/aromatic N) is 1. The Bertz CT molecular complexity index is 577. The maximum absolute atomic E-state index is 5.93. The van der Waals surface area contributed by atoms with Crippen molar-refractivity contribution in [2.45, 2.75) is 25.4 Å². The molecule has 0 saturated heterocycles. The van der Waals surface area contributed by atoms with Gasteiger partial charge in [-0.25, -0.2) is 4.98 Å². The van der Waals surface area contributed by atoms with Crippen LogP contribution in [0.15, 0.2) is 36.5 Å². The zero-order valence-corrected chi connectivity index (χ0v) is 12.3. The molecule has 104 valence electrons. The Morgan fingerprint density at radius 1 is 1.15 bits per heavy atom. The lowest BCUT2D eigenvalue weighted by Gasteiger charge is -2.07. The number of rotatable bonds is 5. The van der Waals surface area contributed by atoms with Gasteiger partial charge in [-0.1, -0.05) is 29.3 Å². The van der Waals surface area contributed by atoms with Gasteiger partial charge in [-0.05, 0) is 36.6 Å². The predicted octanol–water partition coefficient (Wildman–Crippen LogP) is 4.43. The van der Waals surface area contributed by atoms with Gasteiger partial charge < -0.3 is 10.1 Å². The number of ether oxygens (including phenoxy) is 1. The van der Waals surface area contributed by atoms with Crippen molar-refractivity contribution in [3.05, 3.63) is 52.1 Å². The summed E-state index contributed by atoms with van der Waals surface area (Å²) in [6, 6.07) is 9.62. The second-order valence-electron chi connectivity index (χ2n) is 4.87. The van der Waals surface area contributed by atoms with E-state index in [1.807, 2.05) is 18.3 Å². The standard InChI is InChI=1S/C15H14Cl2N2O/c16-11-5-12(17)7-14(6-11)20-15-4-1-10(9-19-15)8-18-13-2-3-13/h1,4-7,9,13,18H,2-3,8H2. The maximum atomic E-state index is 5.93. The lowest BCUT2D eigenvalue weighted by atomic mass is 10.3. The Morgan fingerprint density at radius 3 is 2.50 bits per heavy atom. The molecule has 0 amide bonds. The first-order chi connectivity index (χ1) is 9.69. The molecule has 0 bridgehead atoms. The molecule has 0 aliphatic heterocycles. The quantitative estimate of drug-likeness (QED) is 0.887. The summed E-state index contributed by atoms with van der Waals surface area (Å²) in [4.78, 5) is 4.28. The van der Waals surface area contributed by atoms with Gasteiger partial charge in [0.2, 0.25) is 5.88 Å². The lowest BCUT2D eigenvalue weighted by Crippen LogP contribution is -2.15. The Balaban J connectivity index is 1.64. The van der Waals surface area contributed by atoms with E-state index < -0.39 is 0 Å². The van der Waals surface area contributed by atoms with E-state index in [-0.39, 0.29) is 0 Å². The maximum Gasteiger partial charge on any atom is 0.219 e. The van der Waals surface area contributed by atoms with Crippen LogP contribution in [0.1, 0.15) is 18.4 Å². The first-order valence-electron chi connectivity index (χ1n) is 6.51. The molecule has 5 heteroatoms. The van der Waals surface area contributed by atoms with E-state index in [9.17, 15) is 0 Å². The van der Waals surface area contributed by atoms with E-state index in [2.05, 4.69) is 10.3 Å². The molecular formula is C15H14Cl2N2O. The van der Waals surface area contributed by atoms with Gasteiger partial charge in [-0.15, -0.1) is 0 Å². The van der Waals surface area contributed by atoms with E-state index in [1.54, 1.807) is 18.2 Å². The summed E-state index contributed by atoms with van der Waals surface area (Å²) in [5.41, 5.74) is 1.15. The number of hydrogen-bond acceptors (Lipinski definition) is 3. The monoisotopic (exact) mass is 308 g/mol. The smallest absolute Gasteiger partial charge is 0.219 e. The van der Waals surface area contributed by atoms with Crippen molar-refractivity contribution >= 4 is 23.2 Å². The van der Waals surface area contributed by atoms with E-state index in [0.29, 0.717) is 27.7 Å². The van der Waals surface area contributed by atoms with Crippen LogP contribution in [0, 0.1) is 0 Å². The Morgan fingerprint density at radius 2 is 1.90 bits per heavy atom. The number of nitrogens with one attached hydrogen (secondary N) is 1. The number of benzene rings is 1. The molecule has 0 atom stereocenters. The highest BCUT2D eigenvalue weighted by Gasteiger charge is 2.19. The molecule has 0 unspecified atom stereocenters. The molecular weight excluding hydrogens is 295 g/mol. The highest BCUT2D eigenvalue weighted by Crippen LogP contribution is 2.27. The molecule has 1 aromatic carbocycles. The van der Waals surface area contributed by atoms with Crippen molar-refractivity contribution in [1.82, 2.24) is 10.3 Å². The number of pyridine rings is 1. The predicted molar refractivity (Wildman–Crippen MR) is 80.6 cm³/mol.